The molecule has 0 saturated heterocycles. The van der Waals surface area contributed by atoms with E-state index in [0.29, 0.717) is 17.9 Å². The highest BCUT2D eigenvalue weighted by molar-refractivity contribution is 9.10. The van der Waals surface area contributed by atoms with Crippen LogP contribution in [-0.4, -0.2) is 12.4 Å². The first-order chi connectivity index (χ1) is 10.1. The number of hydrogen-bond acceptors (Lipinski definition) is 2. The molecule has 0 amide bonds. The number of hydrogen-bond donors (Lipinski definition) is 0. The lowest BCUT2D eigenvalue weighted by Crippen LogP contribution is -2.08. The van der Waals surface area contributed by atoms with Crippen LogP contribution in [0.2, 0.25) is 0 Å². The Morgan fingerprint density at radius 1 is 1.29 bits per heavy atom. The summed E-state index contributed by atoms with van der Waals surface area (Å²) in [6.45, 7) is 0.528. The third-order valence-electron chi connectivity index (χ3n) is 3.43. The maximum absolute atomic E-state index is 13.7. The van der Waals surface area contributed by atoms with Gasteiger partial charge in [0.15, 0.2) is 17.4 Å². The van der Waals surface area contributed by atoms with E-state index >= 15 is 0 Å². The highest BCUT2D eigenvalue weighted by Crippen LogP contribution is 2.33. The monoisotopic (exact) mass is 352 g/mol. The smallest absolute Gasteiger partial charge is 0.171 e. The third kappa shape index (κ3) is 2.70. The highest BCUT2D eigenvalue weighted by Gasteiger charge is 2.23. The van der Waals surface area contributed by atoms with Crippen LogP contribution in [-0.2, 0) is 12.8 Å². The SMILES string of the molecule is O=C(Cc1cccc(F)c1F)c1cc(Br)cc2c1OCC2. The molecule has 2 aromatic carbocycles. The van der Waals surface area contributed by atoms with Gasteiger partial charge >= 0.3 is 0 Å². The standard InChI is InChI=1S/C16H11BrF2O2/c17-11-6-10-4-5-21-16(10)12(8-11)14(20)7-9-2-1-3-13(18)15(9)19/h1-3,6,8H,4-5,7H2. The van der Waals surface area contributed by atoms with Gasteiger partial charge in [-0.25, -0.2) is 8.78 Å². The zero-order valence-corrected chi connectivity index (χ0v) is 12.5. The van der Waals surface area contributed by atoms with Gasteiger partial charge in [-0.15, -0.1) is 0 Å². The van der Waals surface area contributed by atoms with Crippen molar-refractivity contribution in [2.75, 3.05) is 6.61 Å². The minimum Gasteiger partial charge on any atom is -0.492 e. The van der Waals surface area contributed by atoms with Crippen LogP contribution >= 0.6 is 15.9 Å². The molecule has 0 bridgehead atoms. The maximum Gasteiger partial charge on any atom is 0.171 e. The lowest BCUT2D eigenvalue weighted by atomic mass is 9.99. The van der Waals surface area contributed by atoms with Gasteiger partial charge in [-0.1, -0.05) is 28.1 Å². The van der Waals surface area contributed by atoms with E-state index in [0.717, 1.165) is 22.5 Å². The van der Waals surface area contributed by atoms with Gasteiger partial charge in [-0.2, -0.15) is 0 Å². The minimum absolute atomic E-state index is 0.0479. The Bertz CT molecular complexity index is 728. The normalized spacial score (nSPS) is 12.9. The van der Waals surface area contributed by atoms with Crippen LogP contribution in [0.4, 0.5) is 8.78 Å². The number of ketones is 1. The number of carbonyl (C=O) groups is 1. The summed E-state index contributed by atoms with van der Waals surface area (Å²) in [6, 6.07) is 7.40. The molecule has 0 saturated carbocycles. The van der Waals surface area contributed by atoms with Crippen LogP contribution in [0, 0.1) is 11.6 Å². The minimum atomic E-state index is -0.974. The first-order valence-corrected chi connectivity index (χ1v) is 7.27. The molecule has 0 radical (unpaired) electrons. The molecule has 0 spiro atoms. The lowest BCUT2D eigenvalue weighted by Gasteiger charge is -2.09. The zero-order chi connectivity index (χ0) is 15.0. The number of rotatable bonds is 3. The molecule has 1 heterocycles. The van der Waals surface area contributed by atoms with Crippen LogP contribution in [0.25, 0.3) is 0 Å². The van der Waals surface area contributed by atoms with Crippen LogP contribution in [0.5, 0.6) is 5.75 Å². The summed E-state index contributed by atoms with van der Waals surface area (Å²) in [4.78, 5) is 12.4. The molecular weight excluding hydrogens is 342 g/mol. The van der Waals surface area contributed by atoms with Crippen molar-refractivity contribution in [3.8, 4) is 5.75 Å². The molecule has 0 unspecified atom stereocenters. The molecule has 0 N–H and O–H groups in total. The Morgan fingerprint density at radius 3 is 2.90 bits per heavy atom. The number of Topliss-reactive ketones (excluding diaryl/α,β-unsaturated/α-hetero) is 1. The van der Waals surface area contributed by atoms with Crippen LogP contribution in [0.1, 0.15) is 21.5 Å². The topological polar surface area (TPSA) is 26.3 Å². The molecule has 0 atom stereocenters. The summed E-state index contributed by atoms with van der Waals surface area (Å²) in [5, 5.41) is 0. The average Bonchev–Trinajstić information content (AvgIpc) is 2.90. The predicted octanol–water partition coefficient (Wildman–Crippen LogP) is 4.09. The van der Waals surface area contributed by atoms with Crippen molar-refractivity contribution in [2.45, 2.75) is 12.8 Å². The van der Waals surface area contributed by atoms with E-state index in [1.807, 2.05) is 6.07 Å². The Hall–Kier alpha value is -1.75. The Balaban J connectivity index is 1.95. The summed E-state index contributed by atoms with van der Waals surface area (Å²) < 4.78 is 33.1. The predicted molar refractivity (Wildman–Crippen MR) is 77.7 cm³/mol. The van der Waals surface area contributed by atoms with Gasteiger partial charge < -0.3 is 4.74 Å². The van der Waals surface area contributed by atoms with Gasteiger partial charge in [0.2, 0.25) is 0 Å². The van der Waals surface area contributed by atoms with Gasteiger partial charge in [0.05, 0.1) is 12.2 Å². The van der Waals surface area contributed by atoms with Crippen LogP contribution < -0.4 is 4.74 Å². The van der Waals surface area contributed by atoms with E-state index < -0.39 is 11.6 Å². The zero-order valence-electron chi connectivity index (χ0n) is 11.0. The summed E-state index contributed by atoms with van der Waals surface area (Å²) in [5.74, 6) is -1.66. The van der Waals surface area contributed by atoms with Crippen molar-refractivity contribution < 1.29 is 18.3 Å². The van der Waals surface area contributed by atoms with Gasteiger partial charge in [-0.05, 0) is 29.3 Å². The van der Waals surface area contributed by atoms with Gasteiger partial charge in [-0.3, -0.25) is 4.79 Å². The van der Waals surface area contributed by atoms with Crippen LogP contribution in [0.15, 0.2) is 34.8 Å². The second-order valence-electron chi connectivity index (χ2n) is 4.85. The highest BCUT2D eigenvalue weighted by atomic mass is 79.9. The van der Waals surface area contributed by atoms with Crippen molar-refractivity contribution in [3.63, 3.8) is 0 Å². The second-order valence-corrected chi connectivity index (χ2v) is 5.77. The van der Waals surface area contributed by atoms with E-state index in [1.165, 1.54) is 12.1 Å². The largest absolute Gasteiger partial charge is 0.492 e. The molecule has 2 nitrogen and oxygen atoms in total. The summed E-state index contributed by atoms with van der Waals surface area (Å²) in [7, 11) is 0. The summed E-state index contributed by atoms with van der Waals surface area (Å²) >= 11 is 3.35. The fourth-order valence-corrected chi connectivity index (χ4v) is 2.93. The Kier molecular flexibility index (Phi) is 3.76. The van der Waals surface area contributed by atoms with E-state index in [4.69, 9.17) is 4.74 Å². The molecule has 0 aliphatic carbocycles. The number of halogens is 3. The molecular formula is C16H11BrF2O2. The number of carbonyl (C=O) groups excluding carboxylic acids is 1. The molecule has 0 fully saturated rings. The molecule has 2 aromatic rings. The third-order valence-corrected chi connectivity index (χ3v) is 3.89. The van der Waals surface area contributed by atoms with Crippen molar-refractivity contribution in [1.29, 1.82) is 0 Å². The van der Waals surface area contributed by atoms with Gasteiger partial charge in [0, 0.05) is 17.3 Å². The van der Waals surface area contributed by atoms with Crippen molar-refractivity contribution in [2.24, 2.45) is 0 Å². The average molecular weight is 353 g/mol. The maximum atomic E-state index is 13.7. The fraction of sp³-hybridized carbons (Fsp3) is 0.188. The molecule has 108 valence electrons. The number of ether oxygens (including phenoxy) is 1. The van der Waals surface area contributed by atoms with Gasteiger partial charge in [0.1, 0.15) is 5.75 Å². The van der Waals surface area contributed by atoms with Crippen molar-refractivity contribution in [1.82, 2.24) is 0 Å². The van der Waals surface area contributed by atoms with E-state index in [9.17, 15) is 13.6 Å². The lowest BCUT2D eigenvalue weighted by molar-refractivity contribution is 0.0988. The molecule has 1 aliphatic heterocycles. The number of fused-ring (bicyclic) bond motifs is 1. The van der Waals surface area contributed by atoms with E-state index in [-0.39, 0.29) is 17.8 Å². The molecule has 5 heteroatoms. The van der Waals surface area contributed by atoms with E-state index in [1.54, 1.807) is 6.07 Å². The van der Waals surface area contributed by atoms with Gasteiger partial charge in [0.25, 0.3) is 0 Å². The Labute approximate surface area is 128 Å². The summed E-state index contributed by atoms with van der Waals surface area (Å²) in [6.07, 6.45) is 0.541. The fourth-order valence-electron chi connectivity index (χ4n) is 2.43. The quantitative estimate of drug-likeness (QED) is 0.777. The first-order valence-electron chi connectivity index (χ1n) is 6.47. The van der Waals surface area contributed by atoms with Crippen molar-refractivity contribution in [3.05, 3.63) is 63.1 Å². The van der Waals surface area contributed by atoms with Crippen molar-refractivity contribution >= 4 is 21.7 Å². The summed E-state index contributed by atoms with van der Waals surface area (Å²) in [5.41, 5.74) is 1.40. The van der Waals surface area contributed by atoms with E-state index in [2.05, 4.69) is 15.9 Å². The first kappa shape index (κ1) is 14.2. The molecule has 0 aromatic heterocycles. The second kappa shape index (κ2) is 5.56. The molecule has 21 heavy (non-hydrogen) atoms. The molecule has 1 aliphatic rings. The Morgan fingerprint density at radius 2 is 2.10 bits per heavy atom. The molecule has 3 rings (SSSR count). The van der Waals surface area contributed by atoms with Crippen LogP contribution in [0.3, 0.4) is 0 Å². The number of benzene rings is 2.